The first-order chi connectivity index (χ1) is 17.4. The van der Waals surface area contributed by atoms with Gasteiger partial charge in [-0.2, -0.15) is 0 Å². The summed E-state index contributed by atoms with van der Waals surface area (Å²) < 4.78 is 5.74. The van der Waals surface area contributed by atoms with Crippen molar-refractivity contribution in [3.8, 4) is 5.75 Å². The molecule has 0 saturated carbocycles. The van der Waals surface area contributed by atoms with Gasteiger partial charge in [-0.15, -0.1) is 0 Å². The molecule has 4 rings (SSSR count). The predicted molar refractivity (Wildman–Crippen MR) is 146 cm³/mol. The minimum atomic E-state index is -0.205. The van der Waals surface area contributed by atoms with Gasteiger partial charge in [0.1, 0.15) is 5.75 Å². The van der Waals surface area contributed by atoms with Crippen LogP contribution in [0.2, 0.25) is 0 Å². The maximum absolute atomic E-state index is 13.4. The third kappa shape index (κ3) is 6.79. The molecule has 0 bridgehead atoms. The maximum Gasteiger partial charge on any atom is 0.256 e. The van der Waals surface area contributed by atoms with Crippen LogP contribution in [0, 0.1) is 13.8 Å². The number of aromatic nitrogens is 2. The molecule has 0 unspecified atom stereocenters. The van der Waals surface area contributed by atoms with E-state index in [4.69, 9.17) is 4.74 Å². The third-order valence-electron chi connectivity index (χ3n) is 5.25. The van der Waals surface area contributed by atoms with E-state index in [-0.39, 0.29) is 12.0 Å². The van der Waals surface area contributed by atoms with E-state index in [0.717, 1.165) is 34.0 Å². The van der Waals surface area contributed by atoms with E-state index in [1.54, 1.807) is 0 Å². The molecule has 0 fully saturated rings. The smallest absolute Gasteiger partial charge is 0.256 e. The number of anilines is 3. The van der Waals surface area contributed by atoms with Gasteiger partial charge in [0, 0.05) is 28.3 Å². The average Bonchev–Trinajstić information content (AvgIpc) is 2.83. The molecule has 1 heterocycles. The highest BCUT2D eigenvalue weighted by Gasteiger charge is 2.13. The van der Waals surface area contributed by atoms with Crippen LogP contribution in [-0.4, -0.2) is 22.0 Å². The zero-order chi connectivity index (χ0) is 25.5. The van der Waals surface area contributed by atoms with Crippen LogP contribution in [0.25, 0.3) is 11.6 Å². The summed E-state index contributed by atoms with van der Waals surface area (Å²) in [5.74, 6) is 1.11. The fourth-order valence-electron chi connectivity index (χ4n) is 3.76. The molecule has 1 amide bonds. The molecule has 0 spiro atoms. The maximum atomic E-state index is 13.4. The van der Waals surface area contributed by atoms with Crippen LogP contribution in [0.5, 0.6) is 5.75 Å². The third-order valence-corrected chi connectivity index (χ3v) is 5.25. The Morgan fingerprint density at radius 2 is 1.50 bits per heavy atom. The molecular formula is C30H30N4O2. The van der Waals surface area contributed by atoms with Crippen molar-refractivity contribution in [1.82, 2.24) is 9.97 Å². The number of nitrogens with zero attached hydrogens (tertiary/aromatic N) is 2. The molecule has 182 valence electrons. The van der Waals surface area contributed by atoms with E-state index in [1.807, 2.05) is 119 Å². The number of ether oxygens (including phenoxy) is 1. The van der Waals surface area contributed by atoms with Crippen LogP contribution < -0.4 is 15.4 Å². The van der Waals surface area contributed by atoms with Gasteiger partial charge < -0.3 is 15.4 Å². The molecule has 0 aliphatic rings. The Kier molecular flexibility index (Phi) is 7.75. The van der Waals surface area contributed by atoms with Gasteiger partial charge >= 0.3 is 0 Å². The van der Waals surface area contributed by atoms with E-state index in [0.29, 0.717) is 17.2 Å². The molecule has 36 heavy (non-hydrogen) atoms. The summed E-state index contributed by atoms with van der Waals surface area (Å²) in [6.07, 6.45) is 1.98. The fraction of sp³-hybridized carbons (Fsp3) is 0.167. The molecule has 0 radical (unpaired) electrons. The fourth-order valence-corrected chi connectivity index (χ4v) is 3.76. The number of hydrogen-bond acceptors (Lipinski definition) is 5. The molecule has 6 heteroatoms. The zero-order valence-corrected chi connectivity index (χ0v) is 20.9. The van der Waals surface area contributed by atoms with Crippen LogP contribution in [0.4, 0.5) is 17.3 Å². The molecule has 0 saturated heterocycles. The first kappa shape index (κ1) is 24.7. The van der Waals surface area contributed by atoms with E-state index in [9.17, 15) is 4.79 Å². The number of rotatable bonds is 8. The highest BCUT2D eigenvalue weighted by Crippen LogP contribution is 2.24. The number of nitrogens with one attached hydrogen (secondary N) is 2. The topological polar surface area (TPSA) is 76.1 Å². The lowest BCUT2D eigenvalue weighted by molar-refractivity contribution is -0.111. The number of aryl methyl sites for hydroxylation is 2. The van der Waals surface area contributed by atoms with Crippen molar-refractivity contribution in [1.29, 1.82) is 0 Å². The monoisotopic (exact) mass is 478 g/mol. The van der Waals surface area contributed by atoms with E-state index >= 15 is 0 Å². The van der Waals surface area contributed by atoms with Crippen LogP contribution >= 0.6 is 0 Å². The molecule has 2 N–H and O–H groups in total. The Morgan fingerprint density at radius 3 is 2.17 bits per heavy atom. The molecule has 0 atom stereocenters. The summed E-state index contributed by atoms with van der Waals surface area (Å²) in [7, 11) is 0. The van der Waals surface area contributed by atoms with Crippen molar-refractivity contribution in [3.05, 3.63) is 107 Å². The Bertz CT molecular complexity index is 1340. The van der Waals surface area contributed by atoms with Crippen molar-refractivity contribution in [3.63, 3.8) is 0 Å². The molecule has 3 aromatic carbocycles. The van der Waals surface area contributed by atoms with Gasteiger partial charge in [0.15, 0.2) is 0 Å². The van der Waals surface area contributed by atoms with Gasteiger partial charge in [-0.3, -0.25) is 4.79 Å². The molecule has 0 aliphatic heterocycles. The minimum Gasteiger partial charge on any atom is -0.491 e. The number of carbonyl (C=O) groups excluding carboxylic acids is 1. The number of benzene rings is 3. The Labute approximate surface area is 212 Å². The highest BCUT2D eigenvalue weighted by atomic mass is 16.5. The molecule has 4 aromatic rings. The number of carbonyl (C=O) groups is 1. The van der Waals surface area contributed by atoms with E-state index in [1.165, 1.54) is 0 Å². The van der Waals surface area contributed by atoms with Crippen LogP contribution in [0.3, 0.4) is 0 Å². The second-order valence-corrected chi connectivity index (χ2v) is 8.79. The van der Waals surface area contributed by atoms with Crippen LogP contribution in [-0.2, 0) is 4.79 Å². The van der Waals surface area contributed by atoms with Crippen molar-refractivity contribution >= 4 is 34.9 Å². The average molecular weight is 479 g/mol. The summed E-state index contributed by atoms with van der Waals surface area (Å²) in [6.45, 7) is 7.84. The van der Waals surface area contributed by atoms with Gasteiger partial charge in [0.25, 0.3) is 5.91 Å². The second kappa shape index (κ2) is 11.3. The van der Waals surface area contributed by atoms with Crippen LogP contribution in [0.1, 0.15) is 36.4 Å². The quantitative estimate of drug-likeness (QED) is 0.215. The lowest BCUT2D eigenvalue weighted by Crippen LogP contribution is -2.14. The SMILES string of the molecule is Cc1cc(C)nc(Nc2cccc(NC(=O)/C(=C/c3ccc(OC(C)C)cc3)c3ccccc3)c2)n1. The van der Waals surface area contributed by atoms with Gasteiger partial charge in [-0.25, -0.2) is 9.97 Å². The van der Waals surface area contributed by atoms with Crippen molar-refractivity contribution in [2.45, 2.75) is 33.8 Å². The van der Waals surface area contributed by atoms with Gasteiger partial charge in [0.2, 0.25) is 5.95 Å². The minimum absolute atomic E-state index is 0.101. The normalized spacial score (nSPS) is 11.3. The first-order valence-electron chi connectivity index (χ1n) is 11.9. The van der Waals surface area contributed by atoms with E-state index < -0.39 is 0 Å². The Morgan fingerprint density at radius 1 is 0.833 bits per heavy atom. The predicted octanol–water partition coefficient (Wildman–Crippen LogP) is 6.80. The summed E-state index contributed by atoms with van der Waals surface area (Å²) >= 11 is 0. The van der Waals surface area contributed by atoms with Gasteiger partial charge in [-0.05, 0) is 81.3 Å². The Hall–Kier alpha value is -4.45. The van der Waals surface area contributed by atoms with Crippen molar-refractivity contribution in [2.75, 3.05) is 10.6 Å². The van der Waals surface area contributed by atoms with Gasteiger partial charge in [0.05, 0.1) is 6.10 Å². The first-order valence-corrected chi connectivity index (χ1v) is 11.9. The summed E-state index contributed by atoms with van der Waals surface area (Å²) in [4.78, 5) is 22.3. The van der Waals surface area contributed by atoms with Crippen molar-refractivity contribution < 1.29 is 9.53 Å². The Balaban J connectivity index is 1.57. The van der Waals surface area contributed by atoms with E-state index in [2.05, 4.69) is 20.6 Å². The standard InChI is InChI=1S/C30H30N4O2/c1-20(2)36-27-15-13-23(14-16-27)18-28(24-9-6-5-7-10-24)29(35)33-25-11-8-12-26(19-25)34-30-31-21(3)17-22(4)32-30/h5-20H,1-4H3,(H,33,35)(H,31,32,34)/b28-18+. The summed E-state index contributed by atoms with van der Waals surface area (Å²) in [5, 5.41) is 6.25. The van der Waals surface area contributed by atoms with Crippen LogP contribution in [0.15, 0.2) is 84.9 Å². The molecule has 0 aliphatic carbocycles. The zero-order valence-electron chi connectivity index (χ0n) is 20.9. The molecule has 6 nitrogen and oxygen atoms in total. The lowest BCUT2D eigenvalue weighted by atomic mass is 10.0. The summed E-state index contributed by atoms with van der Waals surface area (Å²) in [6, 6.07) is 26.8. The molecule has 1 aromatic heterocycles. The number of amides is 1. The molecular weight excluding hydrogens is 448 g/mol. The second-order valence-electron chi connectivity index (χ2n) is 8.79. The highest BCUT2D eigenvalue weighted by molar-refractivity contribution is 6.29. The van der Waals surface area contributed by atoms with Gasteiger partial charge in [-0.1, -0.05) is 48.5 Å². The number of hydrogen-bond donors (Lipinski definition) is 2. The van der Waals surface area contributed by atoms with Crippen molar-refractivity contribution in [2.24, 2.45) is 0 Å². The lowest BCUT2D eigenvalue weighted by Gasteiger charge is -2.12. The summed E-state index contributed by atoms with van der Waals surface area (Å²) in [5.41, 5.74) is 5.51. The largest absolute Gasteiger partial charge is 0.491 e.